The number of nitrogens with zero attached hydrogens (tertiary/aromatic N) is 1. The molecule has 1 aliphatic heterocycles. The van der Waals surface area contributed by atoms with Crippen LogP contribution in [0.2, 0.25) is 0 Å². The van der Waals surface area contributed by atoms with Gasteiger partial charge in [0.2, 0.25) is 0 Å². The molecule has 2 N–H and O–H groups in total. The summed E-state index contributed by atoms with van der Waals surface area (Å²) < 4.78 is 10.2. The van der Waals surface area contributed by atoms with Crippen molar-refractivity contribution >= 4 is 5.97 Å². The van der Waals surface area contributed by atoms with Gasteiger partial charge in [-0.1, -0.05) is 0 Å². The fourth-order valence-corrected chi connectivity index (χ4v) is 1.53. The molecule has 0 spiro atoms. The number of hydrogen-bond donors (Lipinski definition) is 1. The molecule has 15 heavy (non-hydrogen) atoms. The molecule has 0 radical (unpaired) electrons. The zero-order valence-corrected chi connectivity index (χ0v) is 9.28. The first kappa shape index (κ1) is 11.8. The number of esters is 1. The number of rotatable bonds is 3. The second-order valence-electron chi connectivity index (χ2n) is 3.35. The molecule has 0 unspecified atom stereocenters. The lowest BCUT2D eigenvalue weighted by Gasteiger charge is -2.30. The van der Waals surface area contributed by atoms with E-state index in [-0.39, 0.29) is 5.97 Å². The molecule has 1 rings (SSSR count). The van der Waals surface area contributed by atoms with Crippen molar-refractivity contribution in [2.75, 3.05) is 32.9 Å². The Hall–Kier alpha value is -1.23. The zero-order chi connectivity index (χ0) is 11.3. The Morgan fingerprint density at radius 1 is 1.47 bits per heavy atom. The summed E-state index contributed by atoms with van der Waals surface area (Å²) in [6.07, 6.45) is 0. The molecule has 1 heterocycles. The van der Waals surface area contributed by atoms with Gasteiger partial charge in [-0.3, -0.25) is 0 Å². The summed E-state index contributed by atoms with van der Waals surface area (Å²) in [5.74, 6) is -0.348. The van der Waals surface area contributed by atoms with Crippen LogP contribution in [0.25, 0.3) is 0 Å². The summed E-state index contributed by atoms with van der Waals surface area (Å²) in [6.45, 7) is 6.46. The number of hydrogen-bond acceptors (Lipinski definition) is 5. The summed E-state index contributed by atoms with van der Waals surface area (Å²) >= 11 is 0. The van der Waals surface area contributed by atoms with Gasteiger partial charge >= 0.3 is 5.97 Å². The second-order valence-corrected chi connectivity index (χ2v) is 3.35. The van der Waals surface area contributed by atoms with E-state index in [1.54, 1.807) is 13.8 Å². The average Bonchev–Trinajstić information content (AvgIpc) is 2.19. The molecule has 86 valence electrons. The lowest BCUT2D eigenvalue weighted by molar-refractivity contribution is -0.141. The average molecular weight is 214 g/mol. The van der Waals surface area contributed by atoms with Crippen molar-refractivity contribution in [3.8, 4) is 0 Å². The second kappa shape index (κ2) is 5.60. The van der Waals surface area contributed by atoms with Crippen LogP contribution in [0.15, 0.2) is 11.4 Å². The highest BCUT2D eigenvalue weighted by Crippen LogP contribution is 2.11. The quantitative estimate of drug-likeness (QED) is 0.532. The van der Waals surface area contributed by atoms with Crippen LogP contribution in [-0.2, 0) is 14.3 Å². The first-order valence-electron chi connectivity index (χ1n) is 5.13. The van der Waals surface area contributed by atoms with Crippen LogP contribution < -0.4 is 5.73 Å². The van der Waals surface area contributed by atoms with Crippen molar-refractivity contribution in [2.45, 2.75) is 13.8 Å². The molecular weight excluding hydrogens is 196 g/mol. The highest BCUT2D eigenvalue weighted by Gasteiger charge is 2.22. The van der Waals surface area contributed by atoms with E-state index in [1.807, 2.05) is 4.90 Å². The minimum atomic E-state index is -0.348. The van der Waals surface area contributed by atoms with Crippen LogP contribution >= 0.6 is 0 Å². The summed E-state index contributed by atoms with van der Waals surface area (Å²) in [5.41, 5.74) is 6.66. The van der Waals surface area contributed by atoms with Crippen LogP contribution in [0.1, 0.15) is 13.8 Å². The van der Waals surface area contributed by atoms with Crippen LogP contribution in [-0.4, -0.2) is 43.8 Å². The fraction of sp³-hybridized carbons (Fsp3) is 0.700. The minimum Gasteiger partial charge on any atom is -0.461 e. The molecule has 0 aromatic heterocycles. The SMILES string of the molecule is CCOC(=O)C(=C(C)N)N1CCOCC1. The van der Waals surface area contributed by atoms with E-state index in [2.05, 4.69) is 0 Å². The molecule has 5 heteroatoms. The predicted octanol–water partition coefficient (Wildman–Crippen LogP) is 0.0719. The van der Waals surface area contributed by atoms with E-state index >= 15 is 0 Å². The Labute approximate surface area is 89.8 Å². The fourth-order valence-electron chi connectivity index (χ4n) is 1.53. The summed E-state index contributed by atoms with van der Waals surface area (Å²) in [4.78, 5) is 13.6. The first-order valence-corrected chi connectivity index (χ1v) is 5.13. The van der Waals surface area contributed by atoms with Crippen LogP contribution in [0.4, 0.5) is 0 Å². The summed E-state index contributed by atoms with van der Waals surface area (Å²) in [6, 6.07) is 0. The molecule has 5 nitrogen and oxygen atoms in total. The van der Waals surface area contributed by atoms with Crippen molar-refractivity contribution in [3.63, 3.8) is 0 Å². The Morgan fingerprint density at radius 2 is 2.07 bits per heavy atom. The van der Waals surface area contributed by atoms with Gasteiger partial charge in [-0.2, -0.15) is 0 Å². The molecule has 0 bridgehead atoms. The van der Waals surface area contributed by atoms with Crippen molar-refractivity contribution in [1.82, 2.24) is 4.90 Å². The van der Waals surface area contributed by atoms with Crippen LogP contribution in [0.5, 0.6) is 0 Å². The number of carbonyl (C=O) groups excluding carboxylic acids is 1. The number of carbonyl (C=O) groups is 1. The van der Waals surface area contributed by atoms with Gasteiger partial charge in [0, 0.05) is 18.8 Å². The largest absolute Gasteiger partial charge is 0.461 e. The molecule has 0 aliphatic carbocycles. The number of ether oxygens (including phenoxy) is 2. The van der Waals surface area contributed by atoms with Gasteiger partial charge in [0.1, 0.15) is 5.70 Å². The lowest BCUT2D eigenvalue weighted by Crippen LogP contribution is -2.39. The maximum absolute atomic E-state index is 11.6. The Morgan fingerprint density at radius 3 is 2.53 bits per heavy atom. The molecule has 0 atom stereocenters. The molecule has 0 saturated carbocycles. The Kier molecular flexibility index (Phi) is 4.42. The van der Waals surface area contributed by atoms with Gasteiger partial charge in [0.15, 0.2) is 0 Å². The maximum atomic E-state index is 11.6. The molecule has 1 fully saturated rings. The standard InChI is InChI=1S/C10H18N2O3/c1-3-15-10(13)9(8(2)11)12-4-6-14-7-5-12/h3-7,11H2,1-2H3. The molecule has 1 aliphatic rings. The zero-order valence-electron chi connectivity index (χ0n) is 9.28. The molecule has 0 amide bonds. The number of morpholine rings is 1. The van der Waals surface area contributed by atoms with E-state index in [1.165, 1.54) is 0 Å². The van der Waals surface area contributed by atoms with E-state index in [0.717, 1.165) is 0 Å². The first-order chi connectivity index (χ1) is 7.16. The smallest absolute Gasteiger partial charge is 0.356 e. The van der Waals surface area contributed by atoms with Gasteiger partial charge in [-0.25, -0.2) is 4.79 Å². The minimum absolute atomic E-state index is 0.348. The van der Waals surface area contributed by atoms with Gasteiger partial charge in [0.25, 0.3) is 0 Å². The molecular formula is C10H18N2O3. The third kappa shape index (κ3) is 3.13. The van der Waals surface area contributed by atoms with Crippen molar-refractivity contribution in [1.29, 1.82) is 0 Å². The van der Waals surface area contributed by atoms with Crippen molar-refractivity contribution in [3.05, 3.63) is 11.4 Å². The molecule has 0 aromatic rings. The number of nitrogens with two attached hydrogens (primary N) is 1. The third-order valence-corrected chi connectivity index (χ3v) is 2.17. The van der Waals surface area contributed by atoms with Crippen LogP contribution in [0, 0.1) is 0 Å². The maximum Gasteiger partial charge on any atom is 0.356 e. The third-order valence-electron chi connectivity index (χ3n) is 2.17. The van der Waals surface area contributed by atoms with E-state index in [0.29, 0.717) is 44.3 Å². The Balaban J connectivity index is 2.73. The number of allylic oxidation sites excluding steroid dienone is 1. The monoisotopic (exact) mass is 214 g/mol. The summed E-state index contributed by atoms with van der Waals surface area (Å²) in [5, 5.41) is 0. The molecule has 1 saturated heterocycles. The van der Waals surface area contributed by atoms with E-state index in [4.69, 9.17) is 15.2 Å². The Bertz CT molecular complexity index is 253. The van der Waals surface area contributed by atoms with Crippen molar-refractivity contribution in [2.24, 2.45) is 5.73 Å². The predicted molar refractivity (Wildman–Crippen MR) is 55.9 cm³/mol. The lowest BCUT2D eigenvalue weighted by atomic mass is 10.3. The van der Waals surface area contributed by atoms with E-state index < -0.39 is 0 Å². The highest BCUT2D eigenvalue weighted by molar-refractivity contribution is 5.88. The van der Waals surface area contributed by atoms with Gasteiger partial charge in [-0.05, 0) is 13.8 Å². The molecule has 0 aromatic carbocycles. The summed E-state index contributed by atoms with van der Waals surface area (Å²) in [7, 11) is 0. The van der Waals surface area contributed by atoms with Gasteiger partial charge < -0.3 is 20.1 Å². The normalized spacial score (nSPS) is 18.4. The van der Waals surface area contributed by atoms with Gasteiger partial charge in [-0.15, -0.1) is 0 Å². The topological polar surface area (TPSA) is 64.8 Å². The van der Waals surface area contributed by atoms with E-state index in [9.17, 15) is 4.79 Å². The van der Waals surface area contributed by atoms with Crippen LogP contribution in [0.3, 0.4) is 0 Å². The van der Waals surface area contributed by atoms with Gasteiger partial charge in [0.05, 0.1) is 19.8 Å². The highest BCUT2D eigenvalue weighted by atomic mass is 16.5. The van der Waals surface area contributed by atoms with Crippen molar-refractivity contribution < 1.29 is 14.3 Å².